The molecule has 0 aliphatic heterocycles. The van der Waals surface area contributed by atoms with Gasteiger partial charge in [-0.2, -0.15) is 0 Å². The minimum atomic E-state index is -0.350. The molecule has 0 fully saturated rings. The van der Waals surface area contributed by atoms with Gasteiger partial charge in [-0.1, -0.05) is 13.0 Å². The Hall–Kier alpha value is -1.18. The fourth-order valence-electron chi connectivity index (χ4n) is 1.18. The molecule has 0 heterocycles. The number of aryl methyl sites for hydroxylation is 1. The van der Waals surface area contributed by atoms with Crippen LogP contribution in [0.25, 0.3) is 0 Å². The van der Waals surface area contributed by atoms with Crippen LogP contribution in [0.1, 0.15) is 29.8 Å². The second-order valence-electron chi connectivity index (χ2n) is 2.71. The number of hydrogen-bond acceptors (Lipinski definition) is 1. The zero-order valence-corrected chi connectivity index (χ0v) is 7.23. The molecule has 0 aliphatic carbocycles. The maximum Gasteiger partial charge on any atom is 0.160 e. The summed E-state index contributed by atoms with van der Waals surface area (Å²) in [6.45, 7) is 3.40. The van der Waals surface area contributed by atoms with Gasteiger partial charge in [0.1, 0.15) is 5.82 Å². The monoisotopic (exact) mass is 166 g/mol. The first-order chi connectivity index (χ1) is 5.65. The molecule has 1 rings (SSSR count). The smallest absolute Gasteiger partial charge is 0.160 e. The van der Waals surface area contributed by atoms with Crippen LogP contribution in [0.2, 0.25) is 0 Å². The molecule has 2 heteroatoms. The molecule has 64 valence electrons. The number of halogens is 1. The minimum absolute atomic E-state index is 0.0775. The van der Waals surface area contributed by atoms with E-state index in [1.807, 2.05) is 6.92 Å². The quantitative estimate of drug-likeness (QED) is 0.617. The van der Waals surface area contributed by atoms with Crippen molar-refractivity contribution in [1.82, 2.24) is 0 Å². The summed E-state index contributed by atoms with van der Waals surface area (Å²) in [5.74, 6) is -0.427. The number of hydrogen-bond donors (Lipinski definition) is 0. The first-order valence-electron chi connectivity index (χ1n) is 3.94. The van der Waals surface area contributed by atoms with E-state index in [1.54, 1.807) is 6.07 Å². The second kappa shape index (κ2) is 3.48. The third-order valence-electron chi connectivity index (χ3n) is 1.83. The number of rotatable bonds is 2. The molecule has 0 saturated heterocycles. The van der Waals surface area contributed by atoms with Gasteiger partial charge in [0.2, 0.25) is 0 Å². The van der Waals surface area contributed by atoms with Crippen LogP contribution in [-0.4, -0.2) is 5.78 Å². The lowest BCUT2D eigenvalue weighted by Crippen LogP contribution is -1.99. The summed E-state index contributed by atoms with van der Waals surface area (Å²) in [6.07, 6.45) is 0.759. The number of ketones is 1. The average molecular weight is 166 g/mol. The first-order valence-corrected chi connectivity index (χ1v) is 3.94. The van der Waals surface area contributed by atoms with E-state index < -0.39 is 0 Å². The third-order valence-corrected chi connectivity index (χ3v) is 1.83. The Balaban J connectivity index is 3.21. The largest absolute Gasteiger partial charge is 0.294 e. The van der Waals surface area contributed by atoms with Crippen LogP contribution in [0, 0.1) is 5.82 Å². The molecule has 0 spiro atoms. The highest BCUT2D eigenvalue weighted by molar-refractivity contribution is 5.95. The molecule has 0 aromatic heterocycles. The van der Waals surface area contributed by atoms with Crippen molar-refractivity contribution in [1.29, 1.82) is 0 Å². The van der Waals surface area contributed by atoms with Crippen molar-refractivity contribution in [2.75, 3.05) is 0 Å². The van der Waals surface area contributed by atoms with E-state index in [1.165, 1.54) is 19.1 Å². The summed E-state index contributed by atoms with van der Waals surface area (Å²) in [5, 5.41) is 0. The topological polar surface area (TPSA) is 17.1 Å². The summed E-state index contributed by atoms with van der Waals surface area (Å²) in [5.41, 5.74) is 1.40. The molecule has 0 N–H and O–H groups in total. The Labute approximate surface area is 71.2 Å². The zero-order chi connectivity index (χ0) is 9.14. The van der Waals surface area contributed by atoms with Gasteiger partial charge in [0.25, 0.3) is 0 Å². The standard InChI is InChI=1S/C10H11FO/c1-3-8-4-5-9(11)6-10(8)7(2)12/h4-6H,3H2,1-2H3. The predicted molar refractivity (Wildman–Crippen MR) is 45.8 cm³/mol. The number of benzene rings is 1. The maximum atomic E-state index is 12.7. The summed E-state index contributed by atoms with van der Waals surface area (Å²) in [7, 11) is 0. The normalized spacial score (nSPS) is 9.92. The average Bonchev–Trinajstić information content (AvgIpc) is 2.04. The van der Waals surface area contributed by atoms with Gasteiger partial charge in [-0.15, -0.1) is 0 Å². The van der Waals surface area contributed by atoms with Crippen molar-refractivity contribution >= 4 is 5.78 Å². The molecule has 0 bridgehead atoms. The Morgan fingerprint density at radius 1 is 1.50 bits per heavy atom. The van der Waals surface area contributed by atoms with Gasteiger partial charge < -0.3 is 0 Å². The molecule has 0 aliphatic rings. The Kier molecular flexibility index (Phi) is 2.58. The van der Waals surface area contributed by atoms with E-state index in [4.69, 9.17) is 0 Å². The van der Waals surface area contributed by atoms with Crippen LogP contribution >= 0.6 is 0 Å². The van der Waals surface area contributed by atoms with Crippen LogP contribution in [-0.2, 0) is 6.42 Å². The van der Waals surface area contributed by atoms with Crippen LogP contribution in [0.15, 0.2) is 18.2 Å². The van der Waals surface area contributed by atoms with Gasteiger partial charge in [-0.05, 0) is 31.0 Å². The second-order valence-corrected chi connectivity index (χ2v) is 2.71. The molecular formula is C10H11FO. The lowest BCUT2D eigenvalue weighted by Gasteiger charge is -2.03. The van der Waals surface area contributed by atoms with Crippen molar-refractivity contribution in [2.24, 2.45) is 0 Å². The summed E-state index contributed by atoms with van der Waals surface area (Å²) in [4.78, 5) is 11.0. The lowest BCUT2D eigenvalue weighted by molar-refractivity contribution is 0.101. The van der Waals surface area contributed by atoms with Gasteiger partial charge >= 0.3 is 0 Å². The van der Waals surface area contributed by atoms with Crippen LogP contribution in [0.4, 0.5) is 4.39 Å². The number of carbonyl (C=O) groups excluding carboxylic acids is 1. The molecule has 1 aromatic rings. The van der Waals surface area contributed by atoms with E-state index in [0.717, 1.165) is 12.0 Å². The molecule has 0 unspecified atom stereocenters. The zero-order valence-electron chi connectivity index (χ0n) is 7.23. The van der Waals surface area contributed by atoms with Gasteiger partial charge in [0.15, 0.2) is 5.78 Å². The van der Waals surface area contributed by atoms with E-state index in [0.29, 0.717) is 5.56 Å². The fraction of sp³-hybridized carbons (Fsp3) is 0.300. The molecule has 0 amide bonds. The van der Waals surface area contributed by atoms with E-state index >= 15 is 0 Å². The number of carbonyl (C=O) groups is 1. The van der Waals surface area contributed by atoms with Crippen molar-refractivity contribution in [3.05, 3.63) is 35.1 Å². The van der Waals surface area contributed by atoms with E-state index in [-0.39, 0.29) is 11.6 Å². The summed E-state index contributed by atoms with van der Waals surface area (Å²) >= 11 is 0. The Morgan fingerprint density at radius 2 is 2.17 bits per heavy atom. The van der Waals surface area contributed by atoms with Gasteiger partial charge in [0, 0.05) is 5.56 Å². The highest BCUT2D eigenvalue weighted by Crippen LogP contribution is 2.12. The van der Waals surface area contributed by atoms with Crippen molar-refractivity contribution in [3.63, 3.8) is 0 Å². The van der Waals surface area contributed by atoms with Crippen molar-refractivity contribution in [2.45, 2.75) is 20.3 Å². The van der Waals surface area contributed by atoms with Gasteiger partial charge in [0.05, 0.1) is 0 Å². The number of Topliss-reactive ketones (excluding diaryl/α,β-unsaturated/α-hetero) is 1. The molecule has 0 atom stereocenters. The molecule has 0 radical (unpaired) electrons. The third kappa shape index (κ3) is 1.70. The Morgan fingerprint density at radius 3 is 2.67 bits per heavy atom. The van der Waals surface area contributed by atoms with Crippen molar-refractivity contribution in [3.8, 4) is 0 Å². The highest BCUT2D eigenvalue weighted by Gasteiger charge is 2.06. The van der Waals surface area contributed by atoms with Crippen LogP contribution < -0.4 is 0 Å². The van der Waals surface area contributed by atoms with Crippen LogP contribution in [0.5, 0.6) is 0 Å². The fourth-order valence-corrected chi connectivity index (χ4v) is 1.18. The molecule has 1 aromatic carbocycles. The maximum absolute atomic E-state index is 12.7. The SMILES string of the molecule is CCc1ccc(F)cc1C(C)=O. The molecule has 12 heavy (non-hydrogen) atoms. The van der Waals surface area contributed by atoms with Crippen molar-refractivity contribution < 1.29 is 9.18 Å². The summed E-state index contributed by atoms with van der Waals surface area (Å²) in [6, 6.07) is 4.33. The molecule has 0 saturated carbocycles. The van der Waals surface area contributed by atoms with E-state index in [2.05, 4.69) is 0 Å². The summed E-state index contributed by atoms with van der Waals surface area (Å²) < 4.78 is 12.7. The minimum Gasteiger partial charge on any atom is -0.294 e. The molecule has 1 nitrogen and oxygen atoms in total. The predicted octanol–water partition coefficient (Wildman–Crippen LogP) is 2.59. The van der Waals surface area contributed by atoms with Gasteiger partial charge in [-0.25, -0.2) is 4.39 Å². The Bertz CT molecular complexity index is 305. The van der Waals surface area contributed by atoms with Gasteiger partial charge in [-0.3, -0.25) is 4.79 Å². The first kappa shape index (κ1) is 8.91. The lowest BCUT2D eigenvalue weighted by atomic mass is 10.0. The molecular weight excluding hydrogens is 155 g/mol. The highest BCUT2D eigenvalue weighted by atomic mass is 19.1. The van der Waals surface area contributed by atoms with E-state index in [9.17, 15) is 9.18 Å². The van der Waals surface area contributed by atoms with Crippen LogP contribution in [0.3, 0.4) is 0 Å².